The standard InChI is InChI=1S/C25H33N5O3S.3CH4/c1-2-6-16-13-20(29-25-21(16)22(26)23(34-25)24(27)32)30-11-9-17(10-12-30)28-14-18(31)15-33-19-7-4-3-5-8-19;;;/h3-5,7-8,13,17-18,28,31H,2,6,9-12,14-15,26H2,1H3,(H2,27,32);3*1H4/t18-;;;/m1.../s1. The largest absolute Gasteiger partial charge is 0.491 e. The van der Waals surface area contributed by atoms with Crippen LogP contribution in [0.5, 0.6) is 5.75 Å². The summed E-state index contributed by atoms with van der Waals surface area (Å²) in [4.78, 5) is 20.1. The summed E-state index contributed by atoms with van der Waals surface area (Å²) in [6.07, 6.45) is 3.18. The third kappa shape index (κ3) is 7.80. The minimum absolute atomic E-state index is 0. The van der Waals surface area contributed by atoms with Crippen LogP contribution < -0.4 is 26.4 Å². The molecule has 0 unspecified atom stereocenters. The van der Waals surface area contributed by atoms with Gasteiger partial charge in [-0.05, 0) is 43.0 Å². The molecule has 1 aliphatic rings. The van der Waals surface area contributed by atoms with E-state index in [0.29, 0.717) is 23.2 Å². The zero-order valence-electron chi connectivity index (χ0n) is 19.5. The molecule has 0 bridgehead atoms. The molecule has 0 spiro atoms. The predicted octanol–water partition coefficient (Wildman–Crippen LogP) is 4.84. The number of aryl methyl sites for hydroxylation is 1. The Hall–Kier alpha value is -2.88. The van der Waals surface area contributed by atoms with Crippen molar-refractivity contribution < 1.29 is 14.6 Å². The maximum absolute atomic E-state index is 11.8. The number of aromatic nitrogens is 1. The number of primary amides is 1. The molecule has 9 heteroatoms. The van der Waals surface area contributed by atoms with Crippen LogP contribution in [0.4, 0.5) is 11.5 Å². The number of nitrogens with zero attached hydrogens (tertiary/aromatic N) is 2. The topological polar surface area (TPSA) is 127 Å². The lowest BCUT2D eigenvalue weighted by molar-refractivity contribution is 0.100. The molecular weight excluding hydrogens is 486 g/mol. The number of carbonyl (C=O) groups excluding carboxylic acids is 1. The highest BCUT2D eigenvalue weighted by Crippen LogP contribution is 2.37. The molecular formula is C28H45N5O3S. The molecule has 4 rings (SSSR count). The van der Waals surface area contributed by atoms with Crippen LogP contribution in [0.25, 0.3) is 10.2 Å². The van der Waals surface area contributed by atoms with Crippen LogP contribution in [0.3, 0.4) is 0 Å². The van der Waals surface area contributed by atoms with Crippen molar-refractivity contribution in [3.05, 3.63) is 46.8 Å². The number of para-hydroxylation sites is 1. The number of nitrogens with two attached hydrogens (primary N) is 2. The third-order valence-corrected chi connectivity index (χ3v) is 7.27. The quantitative estimate of drug-likeness (QED) is 0.295. The number of nitrogens with one attached hydrogen (secondary N) is 1. The van der Waals surface area contributed by atoms with Crippen molar-refractivity contribution in [1.29, 1.82) is 0 Å². The van der Waals surface area contributed by atoms with Crippen molar-refractivity contribution in [1.82, 2.24) is 10.3 Å². The number of piperidine rings is 1. The number of ether oxygens (including phenoxy) is 1. The number of rotatable bonds is 10. The average molecular weight is 532 g/mol. The predicted molar refractivity (Wildman–Crippen MR) is 158 cm³/mol. The lowest BCUT2D eigenvalue weighted by atomic mass is 10.0. The number of nitrogen functional groups attached to an aromatic ring is 1. The highest BCUT2D eigenvalue weighted by atomic mass is 32.1. The van der Waals surface area contributed by atoms with Crippen molar-refractivity contribution in [2.24, 2.45) is 5.73 Å². The Labute approximate surface area is 226 Å². The molecule has 1 atom stereocenters. The third-order valence-electron chi connectivity index (χ3n) is 6.16. The fourth-order valence-corrected chi connectivity index (χ4v) is 5.37. The second kappa shape index (κ2) is 14.8. The Bertz CT molecular complexity index is 1110. The maximum Gasteiger partial charge on any atom is 0.260 e. The first-order valence-corrected chi connectivity index (χ1v) is 12.6. The number of fused-ring (bicyclic) bond motifs is 1. The Balaban J connectivity index is 0.00000228. The van der Waals surface area contributed by atoms with Gasteiger partial charge in [-0.15, -0.1) is 11.3 Å². The van der Waals surface area contributed by atoms with E-state index in [2.05, 4.69) is 23.2 Å². The summed E-state index contributed by atoms with van der Waals surface area (Å²) in [6, 6.07) is 12.0. The highest BCUT2D eigenvalue weighted by Gasteiger charge is 2.24. The summed E-state index contributed by atoms with van der Waals surface area (Å²) in [5.41, 5.74) is 13.3. The number of aliphatic hydroxyl groups excluding tert-OH is 1. The first kappa shape index (κ1) is 32.1. The summed E-state index contributed by atoms with van der Waals surface area (Å²) >= 11 is 1.28. The smallest absolute Gasteiger partial charge is 0.260 e. The lowest BCUT2D eigenvalue weighted by Crippen LogP contribution is -2.45. The van der Waals surface area contributed by atoms with Gasteiger partial charge in [-0.25, -0.2) is 4.98 Å². The molecule has 3 aromatic rings. The molecule has 6 N–H and O–H groups in total. The van der Waals surface area contributed by atoms with Crippen molar-refractivity contribution >= 4 is 39.0 Å². The second-order valence-corrected chi connectivity index (χ2v) is 9.73. The summed E-state index contributed by atoms with van der Waals surface area (Å²) in [6.45, 7) is 4.60. The van der Waals surface area contributed by atoms with Crippen molar-refractivity contribution in [3.8, 4) is 5.75 Å². The van der Waals surface area contributed by atoms with E-state index in [1.165, 1.54) is 11.3 Å². The van der Waals surface area contributed by atoms with Crippen LogP contribution in [0.1, 0.15) is 63.7 Å². The van der Waals surface area contributed by atoms with Gasteiger partial charge in [-0.2, -0.15) is 0 Å². The van der Waals surface area contributed by atoms with Crippen LogP contribution >= 0.6 is 11.3 Å². The van der Waals surface area contributed by atoms with Gasteiger partial charge >= 0.3 is 0 Å². The maximum atomic E-state index is 11.8. The van der Waals surface area contributed by atoms with Crippen LogP contribution in [0.15, 0.2) is 36.4 Å². The molecule has 0 radical (unpaired) electrons. The Morgan fingerprint density at radius 2 is 1.92 bits per heavy atom. The van der Waals surface area contributed by atoms with E-state index < -0.39 is 12.0 Å². The minimum Gasteiger partial charge on any atom is -0.491 e. The number of aliphatic hydroxyl groups is 1. The summed E-state index contributed by atoms with van der Waals surface area (Å²) in [5, 5.41) is 14.6. The van der Waals surface area contributed by atoms with Gasteiger partial charge in [0.15, 0.2) is 0 Å². The number of thiophene rings is 1. The number of hydrogen-bond donors (Lipinski definition) is 4. The van der Waals surface area contributed by atoms with Crippen LogP contribution in [-0.2, 0) is 6.42 Å². The van der Waals surface area contributed by atoms with E-state index in [1.807, 2.05) is 30.3 Å². The highest BCUT2D eigenvalue weighted by molar-refractivity contribution is 7.21. The van der Waals surface area contributed by atoms with E-state index >= 15 is 0 Å². The molecule has 0 aliphatic carbocycles. The van der Waals surface area contributed by atoms with Crippen molar-refractivity contribution in [3.63, 3.8) is 0 Å². The van der Waals surface area contributed by atoms with E-state index in [1.54, 1.807) is 0 Å². The molecule has 1 aliphatic heterocycles. The van der Waals surface area contributed by atoms with Gasteiger partial charge in [-0.3, -0.25) is 4.79 Å². The second-order valence-electron chi connectivity index (χ2n) is 8.73. The Kier molecular flexibility index (Phi) is 12.8. The van der Waals surface area contributed by atoms with Crippen molar-refractivity contribution in [2.75, 3.05) is 36.9 Å². The molecule has 2 aromatic heterocycles. The molecule has 1 saturated heterocycles. The monoisotopic (exact) mass is 531 g/mol. The normalized spacial score (nSPS) is 14.3. The molecule has 3 heterocycles. The fourth-order valence-electron chi connectivity index (χ4n) is 4.38. The summed E-state index contributed by atoms with van der Waals surface area (Å²) in [7, 11) is 0. The van der Waals surface area contributed by atoms with Gasteiger partial charge in [0.1, 0.15) is 34.0 Å². The average Bonchev–Trinajstić information content (AvgIpc) is 3.19. The zero-order chi connectivity index (χ0) is 24.1. The number of amides is 1. The number of pyridine rings is 1. The first-order valence-electron chi connectivity index (χ1n) is 11.8. The van der Waals surface area contributed by atoms with Gasteiger partial charge in [0, 0.05) is 31.1 Å². The number of benzene rings is 1. The van der Waals surface area contributed by atoms with Gasteiger partial charge in [0.25, 0.3) is 5.91 Å². The molecule has 8 nitrogen and oxygen atoms in total. The lowest BCUT2D eigenvalue weighted by Gasteiger charge is -2.34. The number of carbonyl (C=O) groups is 1. The number of anilines is 2. The van der Waals surface area contributed by atoms with E-state index in [0.717, 1.165) is 66.1 Å². The summed E-state index contributed by atoms with van der Waals surface area (Å²) in [5.74, 6) is 1.17. The Morgan fingerprint density at radius 3 is 2.54 bits per heavy atom. The van der Waals surface area contributed by atoms with E-state index in [9.17, 15) is 9.90 Å². The minimum atomic E-state index is -0.567. The molecule has 1 aromatic carbocycles. The molecule has 1 amide bonds. The molecule has 206 valence electrons. The van der Waals surface area contributed by atoms with Crippen molar-refractivity contribution in [2.45, 2.75) is 67.0 Å². The van der Waals surface area contributed by atoms with Gasteiger partial charge in [-0.1, -0.05) is 53.8 Å². The van der Waals surface area contributed by atoms with Crippen LogP contribution in [0, 0.1) is 0 Å². The Morgan fingerprint density at radius 1 is 1.24 bits per heavy atom. The van der Waals surface area contributed by atoms with Gasteiger partial charge < -0.3 is 31.5 Å². The van der Waals surface area contributed by atoms with Gasteiger partial charge in [0.2, 0.25) is 0 Å². The first-order chi connectivity index (χ1) is 16.5. The fraction of sp³-hybridized carbons (Fsp3) is 0.500. The SMILES string of the molecule is C.C.C.CCCc1cc(N2CCC(NC[C@@H](O)COc3ccccc3)CC2)nc2sc(C(N)=O)c(N)c12. The molecule has 1 fully saturated rings. The van der Waals surface area contributed by atoms with Crippen LogP contribution in [0.2, 0.25) is 0 Å². The zero-order valence-corrected chi connectivity index (χ0v) is 20.3. The van der Waals surface area contributed by atoms with E-state index in [4.69, 9.17) is 21.2 Å². The molecule has 0 saturated carbocycles. The summed E-state index contributed by atoms with van der Waals surface area (Å²) < 4.78 is 5.63. The van der Waals surface area contributed by atoms with Crippen LogP contribution in [-0.4, -0.2) is 54.4 Å². The van der Waals surface area contributed by atoms with Gasteiger partial charge in [0.05, 0.1) is 5.69 Å². The van der Waals surface area contributed by atoms with E-state index in [-0.39, 0.29) is 28.9 Å². The number of hydrogen-bond acceptors (Lipinski definition) is 8. The molecule has 37 heavy (non-hydrogen) atoms.